The molecule has 0 spiro atoms. The summed E-state index contributed by atoms with van der Waals surface area (Å²) in [6.07, 6.45) is 8.76. The van der Waals surface area contributed by atoms with Crippen LogP contribution >= 0.6 is 0 Å². The summed E-state index contributed by atoms with van der Waals surface area (Å²) in [7, 11) is 0. The third-order valence-electron chi connectivity index (χ3n) is 3.23. The fourth-order valence-corrected chi connectivity index (χ4v) is 2.21. The predicted octanol–water partition coefficient (Wildman–Crippen LogP) is 3.42. The van der Waals surface area contributed by atoms with Gasteiger partial charge in [-0.2, -0.15) is 0 Å². The highest BCUT2D eigenvalue weighted by Crippen LogP contribution is 2.15. The van der Waals surface area contributed by atoms with E-state index in [1.54, 1.807) is 0 Å². The molecule has 1 N–H and O–H groups in total. The maximum atomic E-state index is 4.44. The number of hydrogen-bond acceptors (Lipinski definition) is 2. The predicted molar refractivity (Wildman–Crippen MR) is 77.9 cm³/mol. The quantitative estimate of drug-likeness (QED) is 0.682. The van der Waals surface area contributed by atoms with Crippen LogP contribution in [0.1, 0.15) is 58.8 Å². The Morgan fingerprint density at radius 2 is 2.11 bits per heavy atom. The second-order valence-electron chi connectivity index (χ2n) is 5.59. The van der Waals surface area contributed by atoms with Crippen molar-refractivity contribution in [3.63, 3.8) is 0 Å². The highest BCUT2D eigenvalue weighted by Gasteiger charge is 2.08. The van der Waals surface area contributed by atoms with Gasteiger partial charge in [-0.15, -0.1) is 0 Å². The standard InChI is InChI=1S/C15H29N3/c1-5-7-15-17-10-11-18(15)14(4)8-6-9-16-12-13(2)3/h10-11,13-14,16H,5-9,12H2,1-4H3. The number of hydrogen-bond donors (Lipinski definition) is 1. The molecule has 0 saturated carbocycles. The first-order chi connectivity index (χ1) is 8.65. The van der Waals surface area contributed by atoms with Crippen LogP contribution in [0.2, 0.25) is 0 Å². The van der Waals surface area contributed by atoms with Gasteiger partial charge < -0.3 is 9.88 Å². The van der Waals surface area contributed by atoms with Gasteiger partial charge in [-0.1, -0.05) is 20.8 Å². The lowest BCUT2D eigenvalue weighted by Gasteiger charge is -2.16. The Morgan fingerprint density at radius 3 is 2.78 bits per heavy atom. The fourth-order valence-electron chi connectivity index (χ4n) is 2.21. The zero-order valence-electron chi connectivity index (χ0n) is 12.4. The molecule has 0 amide bonds. The van der Waals surface area contributed by atoms with Gasteiger partial charge in [-0.05, 0) is 45.2 Å². The minimum Gasteiger partial charge on any atom is -0.332 e. The van der Waals surface area contributed by atoms with Gasteiger partial charge in [0.05, 0.1) is 0 Å². The van der Waals surface area contributed by atoms with Crippen LogP contribution in [0.25, 0.3) is 0 Å². The van der Waals surface area contributed by atoms with Crippen LogP contribution in [-0.4, -0.2) is 22.6 Å². The second kappa shape index (κ2) is 8.30. The minimum absolute atomic E-state index is 0.565. The molecule has 0 aliphatic heterocycles. The number of rotatable bonds is 9. The molecule has 0 aliphatic rings. The van der Waals surface area contributed by atoms with Gasteiger partial charge in [0.1, 0.15) is 5.82 Å². The summed E-state index contributed by atoms with van der Waals surface area (Å²) in [6.45, 7) is 11.2. The van der Waals surface area contributed by atoms with Gasteiger partial charge in [-0.3, -0.25) is 0 Å². The van der Waals surface area contributed by atoms with Crippen molar-refractivity contribution in [3.05, 3.63) is 18.2 Å². The third kappa shape index (κ3) is 5.21. The van der Waals surface area contributed by atoms with Crippen LogP contribution < -0.4 is 5.32 Å². The molecular formula is C15H29N3. The first-order valence-electron chi connectivity index (χ1n) is 7.37. The molecule has 0 bridgehead atoms. The van der Waals surface area contributed by atoms with Gasteiger partial charge in [-0.25, -0.2) is 4.98 Å². The van der Waals surface area contributed by atoms with Crippen LogP contribution in [-0.2, 0) is 6.42 Å². The molecule has 1 rings (SSSR count). The van der Waals surface area contributed by atoms with Gasteiger partial charge in [0.2, 0.25) is 0 Å². The zero-order valence-corrected chi connectivity index (χ0v) is 12.4. The highest BCUT2D eigenvalue weighted by molar-refractivity contribution is 4.94. The average Bonchev–Trinajstić information content (AvgIpc) is 2.77. The molecule has 0 fully saturated rings. The molecule has 18 heavy (non-hydrogen) atoms. The minimum atomic E-state index is 0.565. The summed E-state index contributed by atoms with van der Waals surface area (Å²) < 4.78 is 2.34. The molecule has 1 aromatic heterocycles. The fraction of sp³-hybridized carbons (Fsp3) is 0.800. The van der Waals surface area contributed by atoms with E-state index in [9.17, 15) is 0 Å². The lowest BCUT2D eigenvalue weighted by atomic mass is 10.1. The molecule has 0 radical (unpaired) electrons. The summed E-state index contributed by atoms with van der Waals surface area (Å²) in [6, 6.07) is 0.565. The van der Waals surface area contributed by atoms with Crippen molar-refractivity contribution < 1.29 is 0 Å². The second-order valence-corrected chi connectivity index (χ2v) is 5.59. The Balaban J connectivity index is 2.27. The van der Waals surface area contributed by atoms with E-state index in [1.807, 2.05) is 6.20 Å². The number of aryl methyl sites for hydroxylation is 1. The Bertz CT molecular complexity index is 317. The van der Waals surface area contributed by atoms with Crippen molar-refractivity contribution in [1.82, 2.24) is 14.9 Å². The van der Waals surface area contributed by atoms with Crippen molar-refractivity contribution in [1.29, 1.82) is 0 Å². The monoisotopic (exact) mass is 251 g/mol. The Hall–Kier alpha value is -0.830. The van der Waals surface area contributed by atoms with E-state index in [-0.39, 0.29) is 0 Å². The maximum absolute atomic E-state index is 4.44. The van der Waals surface area contributed by atoms with Gasteiger partial charge in [0, 0.05) is 24.9 Å². The first-order valence-corrected chi connectivity index (χ1v) is 7.37. The molecule has 0 aromatic carbocycles. The van der Waals surface area contributed by atoms with Gasteiger partial charge >= 0.3 is 0 Å². The van der Waals surface area contributed by atoms with Gasteiger partial charge in [0.15, 0.2) is 0 Å². The molecule has 3 nitrogen and oxygen atoms in total. The number of nitrogens with zero attached hydrogens (tertiary/aromatic N) is 2. The number of imidazole rings is 1. The van der Waals surface area contributed by atoms with Crippen molar-refractivity contribution >= 4 is 0 Å². The van der Waals surface area contributed by atoms with E-state index in [1.165, 1.54) is 25.1 Å². The van der Waals surface area contributed by atoms with Crippen LogP contribution in [0, 0.1) is 5.92 Å². The third-order valence-corrected chi connectivity index (χ3v) is 3.23. The molecular weight excluding hydrogens is 222 g/mol. The first kappa shape index (κ1) is 15.2. The maximum Gasteiger partial charge on any atom is 0.108 e. The zero-order chi connectivity index (χ0) is 13.4. The Labute approximate surface area is 112 Å². The van der Waals surface area contributed by atoms with Crippen LogP contribution in [0.4, 0.5) is 0 Å². The summed E-state index contributed by atoms with van der Waals surface area (Å²) in [5, 5.41) is 3.50. The summed E-state index contributed by atoms with van der Waals surface area (Å²) >= 11 is 0. The van der Waals surface area contributed by atoms with E-state index in [2.05, 4.69) is 48.8 Å². The normalized spacial score (nSPS) is 13.2. The molecule has 104 valence electrons. The van der Waals surface area contributed by atoms with E-state index >= 15 is 0 Å². The largest absolute Gasteiger partial charge is 0.332 e. The molecule has 1 heterocycles. The number of aromatic nitrogens is 2. The molecule has 0 saturated heterocycles. The van der Waals surface area contributed by atoms with Crippen LogP contribution in [0.5, 0.6) is 0 Å². The molecule has 3 heteroatoms. The molecule has 1 aromatic rings. The Morgan fingerprint density at radius 1 is 1.33 bits per heavy atom. The number of nitrogens with one attached hydrogen (secondary N) is 1. The van der Waals surface area contributed by atoms with Crippen LogP contribution in [0.15, 0.2) is 12.4 Å². The summed E-state index contributed by atoms with van der Waals surface area (Å²) in [5.41, 5.74) is 0. The lowest BCUT2D eigenvalue weighted by molar-refractivity contribution is 0.452. The van der Waals surface area contributed by atoms with Gasteiger partial charge in [0.25, 0.3) is 0 Å². The SMILES string of the molecule is CCCc1nccn1C(C)CCCNCC(C)C. The molecule has 1 atom stereocenters. The lowest BCUT2D eigenvalue weighted by Crippen LogP contribution is -2.21. The van der Waals surface area contributed by atoms with Crippen molar-refractivity contribution in [2.75, 3.05) is 13.1 Å². The highest BCUT2D eigenvalue weighted by atomic mass is 15.1. The molecule has 1 unspecified atom stereocenters. The van der Waals surface area contributed by atoms with Crippen molar-refractivity contribution in [2.45, 2.75) is 59.4 Å². The topological polar surface area (TPSA) is 29.9 Å². The van der Waals surface area contributed by atoms with Crippen molar-refractivity contribution in [3.8, 4) is 0 Å². The van der Waals surface area contributed by atoms with Crippen molar-refractivity contribution in [2.24, 2.45) is 5.92 Å². The molecule has 0 aliphatic carbocycles. The Kier molecular flexibility index (Phi) is 7.02. The van der Waals surface area contributed by atoms with E-state index in [0.29, 0.717) is 6.04 Å². The van der Waals surface area contributed by atoms with E-state index < -0.39 is 0 Å². The van der Waals surface area contributed by atoms with Crippen LogP contribution in [0.3, 0.4) is 0 Å². The smallest absolute Gasteiger partial charge is 0.108 e. The summed E-state index contributed by atoms with van der Waals surface area (Å²) in [5.74, 6) is 1.98. The summed E-state index contributed by atoms with van der Waals surface area (Å²) in [4.78, 5) is 4.44. The van der Waals surface area contributed by atoms with E-state index in [4.69, 9.17) is 0 Å². The van der Waals surface area contributed by atoms with E-state index in [0.717, 1.165) is 25.4 Å². The average molecular weight is 251 g/mol.